The molecule has 2 aliphatic heterocycles. The fourth-order valence-corrected chi connectivity index (χ4v) is 4.37. The lowest BCUT2D eigenvalue weighted by Gasteiger charge is -2.46. The molecule has 10 nitrogen and oxygen atoms in total. The minimum Gasteiger partial charge on any atom is -0.475 e. The van der Waals surface area contributed by atoms with Crippen LogP contribution < -0.4 is 0 Å². The van der Waals surface area contributed by atoms with Crippen LogP contribution in [0, 0.1) is 5.92 Å². The summed E-state index contributed by atoms with van der Waals surface area (Å²) in [4.78, 5) is 39.7. The molecule has 1 spiro atoms. The largest absolute Gasteiger partial charge is 0.490 e. The maximum atomic E-state index is 12.9. The molecule has 39 heavy (non-hydrogen) atoms. The third-order valence-electron chi connectivity index (χ3n) is 6.57. The summed E-state index contributed by atoms with van der Waals surface area (Å²) >= 11 is 0. The molecule has 2 fully saturated rings. The van der Waals surface area contributed by atoms with E-state index < -0.39 is 36.0 Å². The van der Waals surface area contributed by atoms with Crippen molar-refractivity contribution >= 4 is 17.8 Å². The van der Waals surface area contributed by atoms with Crippen molar-refractivity contribution in [2.75, 3.05) is 32.7 Å². The molecule has 16 heteroatoms. The third kappa shape index (κ3) is 9.08. The number of hydrogen-bond donors (Lipinski definition) is 2. The van der Waals surface area contributed by atoms with Crippen LogP contribution >= 0.6 is 0 Å². The van der Waals surface area contributed by atoms with Crippen molar-refractivity contribution in [2.24, 2.45) is 5.92 Å². The highest BCUT2D eigenvalue weighted by Crippen LogP contribution is 2.41. The number of halogens is 6. The lowest BCUT2D eigenvalue weighted by atomic mass is 9.88. The highest BCUT2D eigenvalue weighted by atomic mass is 19.4. The maximum Gasteiger partial charge on any atom is 0.490 e. The quantitative estimate of drug-likeness (QED) is 0.514. The van der Waals surface area contributed by atoms with E-state index in [-0.39, 0.29) is 5.91 Å². The number of hydrogen-bond acceptors (Lipinski definition) is 6. The molecule has 1 aliphatic carbocycles. The molecule has 0 radical (unpaired) electrons. The lowest BCUT2D eigenvalue weighted by molar-refractivity contribution is -0.193. The van der Waals surface area contributed by atoms with Gasteiger partial charge in [-0.15, -0.1) is 0 Å². The Bertz CT molecular complexity index is 958. The average Bonchev–Trinajstić information content (AvgIpc) is 3.53. The van der Waals surface area contributed by atoms with Crippen molar-refractivity contribution in [3.05, 3.63) is 18.2 Å². The van der Waals surface area contributed by atoms with E-state index >= 15 is 0 Å². The molecule has 2 N–H and O–H groups in total. The Morgan fingerprint density at radius 2 is 1.51 bits per heavy atom. The highest BCUT2D eigenvalue weighted by molar-refractivity contribution is 5.81. The Morgan fingerprint density at radius 3 is 1.92 bits per heavy atom. The third-order valence-corrected chi connectivity index (χ3v) is 6.57. The summed E-state index contributed by atoms with van der Waals surface area (Å²) in [7, 11) is 0. The van der Waals surface area contributed by atoms with Gasteiger partial charge in [-0.05, 0) is 45.4 Å². The Balaban J connectivity index is 0.000000317. The maximum absolute atomic E-state index is 12.9. The van der Waals surface area contributed by atoms with E-state index in [2.05, 4.69) is 14.5 Å². The van der Waals surface area contributed by atoms with E-state index in [0.717, 1.165) is 50.8 Å². The lowest BCUT2D eigenvalue weighted by Crippen LogP contribution is -2.54. The van der Waals surface area contributed by atoms with Crippen LogP contribution in [0.2, 0.25) is 0 Å². The van der Waals surface area contributed by atoms with Crippen LogP contribution in [-0.4, -0.2) is 98.6 Å². The van der Waals surface area contributed by atoms with E-state index in [1.54, 1.807) is 0 Å². The van der Waals surface area contributed by atoms with Gasteiger partial charge in [-0.2, -0.15) is 26.3 Å². The zero-order chi connectivity index (χ0) is 29.6. The Kier molecular flexibility index (Phi) is 10.8. The smallest absolute Gasteiger partial charge is 0.475 e. The molecular weight excluding hydrogens is 542 g/mol. The molecule has 222 valence electrons. The van der Waals surface area contributed by atoms with Gasteiger partial charge >= 0.3 is 24.3 Å². The summed E-state index contributed by atoms with van der Waals surface area (Å²) in [5.74, 6) is -3.47. The second kappa shape index (κ2) is 13.0. The molecule has 1 aromatic rings. The SMILES string of the molecule is CCN(CC)C(=O)C1Cn2ccnc2C2(CCN(CC3CC3)CC2)O1.O=C(O)C(F)(F)F.O=C(O)C(F)(F)F. The monoisotopic (exact) mass is 574 g/mol. The highest BCUT2D eigenvalue weighted by Gasteiger charge is 2.48. The number of carboxylic acid groups (broad SMARTS) is 2. The number of amides is 1. The first-order valence-electron chi connectivity index (χ1n) is 12.3. The van der Waals surface area contributed by atoms with Gasteiger partial charge in [-0.1, -0.05) is 0 Å². The van der Waals surface area contributed by atoms with Gasteiger partial charge in [0.05, 0.1) is 6.54 Å². The summed E-state index contributed by atoms with van der Waals surface area (Å²) in [5, 5.41) is 14.2. The normalized spacial score (nSPS) is 20.6. The fraction of sp³-hybridized carbons (Fsp3) is 0.739. The zero-order valence-electron chi connectivity index (χ0n) is 21.5. The minimum absolute atomic E-state index is 0.115. The predicted octanol–water partition coefficient (Wildman–Crippen LogP) is 3.12. The van der Waals surface area contributed by atoms with E-state index in [0.29, 0.717) is 6.54 Å². The molecular formula is C23H32F6N4O6. The van der Waals surface area contributed by atoms with Crippen LogP contribution in [0.4, 0.5) is 26.3 Å². The number of rotatable bonds is 5. The Labute approximate surface area is 220 Å². The topological polar surface area (TPSA) is 125 Å². The molecule has 4 rings (SSSR count). The standard InChI is InChI=1S/C19H30N4O2.2C2HF3O2/c1-3-22(4-2)17(24)16-14-23-12-9-20-18(23)19(25-16)7-10-21(11-8-19)13-15-5-6-15;2*3-2(4,5)1(6)7/h9,12,15-16H,3-8,10-11,13-14H2,1-2H3;2*(H,6,7). The number of carbonyl (C=O) groups excluding carboxylic acids is 1. The summed E-state index contributed by atoms with van der Waals surface area (Å²) < 4.78 is 72.1. The van der Waals surface area contributed by atoms with Gasteiger partial charge in [0.25, 0.3) is 5.91 Å². The molecule has 1 saturated heterocycles. The number of imidazole rings is 1. The van der Waals surface area contributed by atoms with Crippen LogP contribution in [0.5, 0.6) is 0 Å². The number of likely N-dealkylation sites (tertiary alicyclic amines) is 1. The van der Waals surface area contributed by atoms with Gasteiger partial charge in [0, 0.05) is 45.1 Å². The first-order chi connectivity index (χ1) is 18.0. The first-order valence-corrected chi connectivity index (χ1v) is 12.3. The number of fused-ring (bicyclic) bond motifs is 2. The number of aromatic nitrogens is 2. The van der Waals surface area contributed by atoms with Crippen molar-refractivity contribution < 1.29 is 55.7 Å². The van der Waals surface area contributed by atoms with Crippen LogP contribution in [-0.2, 0) is 31.3 Å². The zero-order valence-corrected chi connectivity index (χ0v) is 21.5. The van der Waals surface area contributed by atoms with Gasteiger partial charge in [0.1, 0.15) is 11.4 Å². The molecule has 1 unspecified atom stereocenters. The second-order valence-electron chi connectivity index (χ2n) is 9.36. The average molecular weight is 575 g/mol. The minimum atomic E-state index is -5.08. The summed E-state index contributed by atoms with van der Waals surface area (Å²) in [6.07, 6.45) is -2.07. The van der Waals surface area contributed by atoms with Crippen molar-refractivity contribution in [3.63, 3.8) is 0 Å². The van der Waals surface area contributed by atoms with Crippen molar-refractivity contribution in [1.82, 2.24) is 19.4 Å². The number of carbonyl (C=O) groups is 3. The molecule has 1 atom stereocenters. The number of ether oxygens (including phenoxy) is 1. The summed E-state index contributed by atoms with van der Waals surface area (Å²) in [6, 6.07) is 0. The van der Waals surface area contributed by atoms with E-state index in [1.165, 1.54) is 19.4 Å². The van der Waals surface area contributed by atoms with Crippen LogP contribution in [0.15, 0.2) is 12.4 Å². The van der Waals surface area contributed by atoms with E-state index in [1.807, 2.05) is 31.1 Å². The summed E-state index contributed by atoms with van der Waals surface area (Å²) in [5.41, 5.74) is -0.394. The van der Waals surface area contributed by atoms with Gasteiger partial charge < -0.3 is 29.3 Å². The Morgan fingerprint density at radius 1 is 1.03 bits per heavy atom. The molecule has 1 amide bonds. The molecule has 0 aromatic carbocycles. The number of carboxylic acids is 2. The van der Waals surface area contributed by atoms with Gasteiger partial charge in [0.15, 0.2) is 6.10 Å². The number of nitrogens with zero attached hydrogens (tertiary/aromatic N) is 4. The van der Waals surface area contributed by atoms with Crippen LogP contribution in [0.1, 0.15) is 45.4 Å². The number of aliphatic carboxylic acids is 2. The molecule has 0 bridgehead atoms. The van der Waals surface area contributed by atoms with Crippen LogP contribution in [0.25, 0.3) is 0 Å². The van der Waals surface area contributed by atoms with E-state index in [4.69, 9.17) is 24.5 Å². The fourth-order valence-electron chi connectivity index (χ4n) is 4.37. The van der Waals surface area contributed by atoms with Crippen molar-refractivity contribution in [1.29, 1.82) is 0 Å². The number of alkyl halides is 6. The first kappa shape index (κ1) is 32.3. The van der Waals surface area contributed by atoms with Gasteiger partial charge in [-0.25, -0.2) is 14.6 Å². The molecule has 1 aromatic heterocycles. The summed E-state index contributed by atoms with van der Waals surface area (Å²) in [6.45, 7) is 9.40. The molecule has 3 heterocycles. The second-order valence-corrected chi connectivity index (χ2v) is 9.36. The molecule has 3 aliphatic rings. The number of piperidine rings is 1. The van der Waals surface area contributed by atoms with Crippen LogP contribution in [0.3, 0.4) is 0 Å². The van der Waals surface area contributed by atoms with Crippen molar-refractivity contribution in [3.8, 4) is 0 Å². The van der Waals surface area contributed by atoms with E-state index in [9.17, 15) is 31.1 Å². The van der Waals surface area contributed by atoms with Gasteiger partial charge in [0.2, 0.25) is 0 Å². The molecule has 1 saturated carbocycles. The van der Waals surface area contributed by atoms with Gasteiger partial charge in [-0.3, -0.25) is 4.79 Å². The Hall–Kier alpha value is -2.88. The van der Waals surface area contributed by atoms with Crippen molar-refractivity contribution in [2.45, 2.75) is 70.1 Å². The number of likely N-dealkylation sites (N-methyl/N-ethyl adjacent to an activating group) is 1. The predicted molar refractivity (Wildman–Crippen MR) is 122 cm³/mol.